The summed E-state index contributed by atoms with van der Waals surface area (Å²) < 4.78 is 52.9. The highest BCUT2D eigenvalue weighted by Crippen LogP contribution is 2.40. The van der Waals surface area contributed by atoms with Crippen LogP contribution in [0, 0.1) is 0 Å². The molecule has 1 aliphatic rings. The van der Waals surface area contributed by atoms with E-state index in [9.17, 15) is 8.42 Å². The van der Waals surface area contributed by atoms with Crippen molar-refractivity contribution >= 4 is 21.4 Å². The minimum absolute atomic E-state index is 0.185. The first-order valence-corrected chi connectivity index (χ1v) is 14.9. The quantitative estimate of drug-likeness (QED) is 0.310. The van der Waals surface area contributed by atoms with Crippen LogP contribution in [0.25, 0.3) is 11.4 Å². The third-order valence-electron chi connectivity index (χ3n) is 6.10. The molecule has 4 rings (SSSR count). The molecule has 0 radical (unpaired) electrons. The number of sulfone groups is 1. The van der Waals surface area contributed by atoms with Gasteiger partial charge in [-0.1, -0.05) is 11.6 Å². The van der Waals surface area contributed by atoms with E-state index in [0.29, 0.717) is 41.3 Å². The van der Waals surface area contributed by atoms with Crippen LogP contribution < -0.4 is 9.47 Å². The lowest BCUT2D eigenvalue weighted by Gasteiger charge is -2.25. The van der Waals surface area contributed by atoms with E-state index < -0.39 is 26.9 Å². The normalized spacial score (nSPS) is 16.6. The van der Waals surface area contributed by atoms with Gasteiger partial charge in [0.15, 0.2) is 27.2 Å². The molecule has 0 aliphatic carbocycles. The topological polar surface area (TPSA) is 140 Å². The summed E-state index contributed by atoms with van der Waals surface area (Å²) in [5.74, 6) is 1.31. The van der Waals surface area contributed by atoms with Crippen LogP contribution in [0.5, 0.6) is 11.6 Å². The first-order valence-electron chi connectivity index (χ1n) is 12.8. The molecule has 12 nitrogen and oxygen atoms in total. The van der Waals surface area contributed by atoms with Crippen LogP contribution >= 0.6 is 11.6 Å². The third-order valence-corrected chi connectivity index (χ3v) is 8.33. The molecule has 0 saturated carbocycles. The van der Waals surface area contributed by atoms with Gasteiger partial charge in [0.1, 0.15) is 24.3 Å². The van der Waals surface area contributed by atoms with Gasteiger partial charge in [-0.05, 0) is 40.7 Å². The lowest BCUT2D eigenvalue weighted by atomic mass is 10.2. The van der Waals surface area contributed by atoms with Gasteiger partial charge in [-0.25, -0.2) is 23.4 Å². The van der Waals surface area contributed by atoms with Crippen LogP contribution in [0.1, 0.15) is 58.4 Å². The molecule has 3 aromatic heterocycles. The van der Waals surface area contributed by atoms with E-state index in [0.717, 1.165) is 0 Å². The maximum absolute atomic E-state index is 13.8. The highest BCUT2D eigenvalue weighted by atomic mass is 35.5. The average molecular weight is 581 g/mol. The van der Waals surface area contributed by atoms with E-state index in [4.69, 9.17) is 30.5 Å². The zero-order valence-corrected chi connectivity index (χ0v) is 24.1. The molecule has 0 unspecified atom stereocenters. The molecule has 212 valence electrons. The van der Waals surface area contributed by atoms with Gasteiger partial charge in [0, 0.05) is 25.2 Å². The van der Waals surface area contributed by atoms with E-state index in [1.807, 2.05) is 27.7 Å². The van der Waals surface area contributed by atoms with Crippen LogP contribution in [-0.2, 0) is 25.1 Å². The molecule has 0 fully saturated rings. The number of hydrogen-bond donors (Lipinski definition) is 0. The van der Waals surface area contributed by atoms with Crippen molar-refractivity contribution in [1.29, 1.82) is 0 Å². The molecule has 1 aliphatic heterocycles. The largest absolute Gasteiger partial charge is 0.485 e. The minimum Gasteiger partial charge on any atom is -0.485 e. The summed E-state index contributed by atoms with van der Waals surface area (Å²) in [6, 6.07) is 1.35. The van der Waals surface area contributed by atoms with Gasteiger partial charge in [-0.3, -0.25) is 0 Å². The minimum atomic E-state index is -3.85. The summed E-state index contributed by atoms with van der Waals surface area (Å²) in [4.78, 5) is 12.7. The fraction of sp³-hybridized carbons (Fsp3) is 0.560. The van der Waals surface area contributed by atoms with Crippen molar-refractivity contribution in [1.82, 2.24) is 29.7 Å². The van der Waals surface area contributed by atoms with Gasteiger partial charge < -0.3 is 23.5 Å². The van der Waals surface area contributed by atoms with Gasteiger partial charge >= 0.3 is 0 Å². The number of halogens is 1. The van der Waals surface area contributed by atoms with Gasteiger partial charge in [0.05, 0.1) is 41.2 Å². The van der Waals surface area contributed by atoms with Crippen LogP contribution in [0.4, 0.5) is 0 Å². The Kier molecular flexibility index (Phi) is 9.36. The van der Waals surface area contributed by atoms with Crippen molar-refractivity contribution in [3.05, 3.63) is 41.3 Å². The molecular weight excluding hydrogens is 548 g/mol. The number of hydrogen-bond acceptors (Lipinski definition) is 11. The summed E-state index contributed by atoms with van der Waals surface area (Å²) >= 11 is 5.95. The predicted octanol–water partition coefficient (Wildman–Crippen LogP) is 3.62. The molecule has 0 spiro atoms. The molecular formula is C25H33ClN6O6S. The number of pyridine rings is 1. The molecule has 3 atom stereocenters. The number of rotatable bonds is 12. The average Bonchev–Trinajstić information content (AvgIpc) is 3.22. The highest BCUT2D eigenvalue weighted by Gasteiger charge is 2.37. The lowest BCUT2D eigenvalue weighted by Crippen LogP contribution is -2.32. The van der Waals surface area contributed by atoms with E-state index >= 15 is 0 Å². The monoisotopic (exact) mass is 580 g/mol. The standard InChI is InChI=1S/C25H33ClN6O6S/c1-6-35-12-18-13-37-22-19(8-9-27-25(22)36-7-2)24-31-30-20(32(18)24)14-39(33,34)16(5)21(38-15(3)4)23-28-10-17(26)11-29-23/h8-11,15-16,18,21H,6-7,12-14H2,1-5H3/t16-,18-,21+/m0/s1. The summed E-state index contributed by atoms with van der Waals surface area (Å²) in [6.07, 6.45) is 3.24. The first kappa shape index (κ1) is 29.1. The smallest absolute Gasteiger partial charge is 0.257 e. The lowest BCUT2D eigenvalue weighted by molar-refractivity contribution is 0.00142. The van der Waals surface area contributed by atoms with E-state index in [1.54, 1.807) is 23.8 Å². The summed E-state index contributed by atoms with van der Waals surface area (Å²) in [7, 11) is -3.85. The molecule has 0 bridgehead atoms. The molecule has 3 aromatic rings. The van der Waals surface area contributed by atoms with Crippen LogP contribution in [-0.4, -0.2) is 75.9 Å². The number of fused-ring (bicyclic) bond motifs is 3. The zero-order chi connectivity index (χ0) is 28.2. The van der Waals surface area contributed by atoms with E-state index in [2.05, 4.69) is 25.1 Å². The van der Waals surface area contributed by atoms with Gasteiger partial charge in [-0.2, -0.15) is 0 Å². The molecule has 14 heteroatoms. The van der Waals surface area contributed by atoms with Crippen LogP contribution in [0.15, 0.2) is 24.7 Å². The van der Waals surface area contributed by atoms with Crippen LogP contribution in [0.2, 0.25) is 5.02 Å². The molecule has 0 aromatic carbocycles. The van der Waals surface area contributed by atoms with Crippen molar-refractivity contribution in [2.24, 2.45) is 0 Å². The Hall–Kier alpha value is -2.87. The Morgan fingerprint density at radius 1 is 1.13 bits per heavy atom. The summed E-state index contributed by atoms with van der Waals surface area (Å²) in [5.41, 5.74) is 0.604. The second-order valence-electron chi connectivity index (χ2n) is 9.24. The van der Waals surface area contributed by atoms with Crippen molar-refractivity contribution in [2.45, 2.75) is 63.9 Å². The second-order valence-corrected chi connectivity index (χ2v) is 12.0. The van der Waals surface area contributed by atoms with Gasteiger partial charge in [0.25, 0.3) is 5.88 Å². The van der Waals surface area contributed by atoms with E-state index in [1.165, 1.54) is 12.4 Å². The fourth-order valence-corrected chi connectivity index (χ4v) is 5.73. The molecule has 4 heterocycles. The maximum atomic E-state index is 13.8. The predicted molar refractivity (Wildman–Crippen MR) is 144 cm³/mol. The highest BCUT2D eigenvalue weighted by molar-refractivity contribution is 7.91. The number of ether oxygens (including phenoxy) is 4. The number of nitrogens with zero attached hydrogens (tertiary/aromatic N) is 6. The Labute approximate surface area is 233 Å². The molecule has 0 saturated heterocycles. The Bertz CT molecular complexity index is 1370. The van der Waals surface area contributed by atoms with Crippen LogP contribution in [0.3, 0.4) is 0 Å². The van der Waals surface area contributed by atoms with Crippen molar-refractivity contribution in [3.63, 3.8) is 0 Å². The van der Waals surface area contributed by atoms with Crippen molar-refractivity contribution in [2.75, 3.05) is 26.4 Å². The zero-order valence-electron chi connectivity index (χ0n) is 22.6. The number of aromatic nitrogens is 6. The Morgan fingerprint density at radius 3 is 2.54 bits per heavy atom. The van der Waals surface area contributed by atoms with Gasteiger partial charge in [0.2, 0.25) is 0 Å². The molecule has 0 amide bonds. The second kappa shape index (κ2) is 12.5. The molecule has 0 N–H and O–H groups in total. The third kappa shape index (κ3) is 6.48. The summed E-state index contributed by atoms with van der Waals surface area (Å²) in [5, 5.41) is 8.04. The Balaban J connectivity index is 1.73. The first-order chi connectivity index (χ1) is 18.7. The van der Waals surface area contributed by atoms with Crippen molar-refractivity contribution in [3.8, 4) is 23.0 Å². The fourth-order valence-electron chi connectivity index (χ4n) is 4.25. The Morgan fingerprint density at radius 2 is 1.87 bits per heavy atom. The van der Waals surface area contributed by atoms with Crippen molar-refractivity contribution < 1.29 is 27.4 Å². The SMILES string of the molecule is CCOC[C@H]1COc2c(ccnc2OCC)-c2nnc(CS(=O)(=O)[C@@H](C)[C@@H](OC(C)C)c3ncc(Cl)cn3)n21. The maximum Gasteiger partial charge on any atom is 0.257 e. The van der Waals surface area contributed by atoms with E-state index in [-0.39, 0.29) is 37.0 Å². The summed E-state index contributed by atoms with van der Waals surface area (Å²) in [6.45, 7) is 10.3. The molecule has 39 heavy (non-hydrogen) atoms. The van der Waals surface area contributed by atoms with Gasteiger partial charge in [-0.15, -0.1) is 10.2 Å².